The first-order chi connectivity index (χ1) is 17.6. The van der Waals surface area contributed by atoms with Crippen LogP contribution in [-0.4, -0.2) is 81.5 Å². The molecule has 2 aromatic heterocycles. The van der Waals surface area contributed by atoms with E-state index in [0.717, 1.165) is 17.8 Å². The molecule has 0 spiro atoms. The largest absolute Gasteiger partial charge is 0.362 e. The number of nitrogens with one attached hydrogen (secondary N) is 3. The summed E-state index contributed by atoms with van der Waals surface area (Å²) in [6, 6.07) is 1.44. The van der Waals surface area contributed by atoms with Crippen molar-refractivity contribution in [1.29, 1.82) is 0 Å². The number of amides is 3. The molecule has 2 fully saturated rings. The van der Waals surface area contributed by atoms with Crippen LogP contribution in [0.1, 0.15) is 39.8 Å². The summed E-state index contributed by atoms with van der Waals surface area (Å²) in [5, 5.41) is 21.4. The van der Waals surface area contributed by atoms with Crippen molar-refractivity contribution in [1.82, 2.24) is 35.6 Å². The third kappa shape index (κ3) is 5.03. The Kier molecular flexibility index (Phi) is 6.63. The van der Waals surface area contributed by atoms with E-state index in [2.05, 4.69) is 58.1 Å². The van der Waals surface area contributed by atoms with E-state index < -0.39 is 0 Å². The third-order valence-electron chi connectivity index (χ3n) is 7.15. The van der Waals surface area contributed by atoms with Gasteiger partial charge in [0.15, 0.2) is 0 Å². The topological polar surface area (TPSA) is 133 Å². The van der Waals surface area contributed by atoms with Gasteiger partial charge in [-0.05, 0) is 26.5 Å². The fraction of sp³-hybridized carbons (Fsp3) is 0.560. The number of urea groups is 1. The molecule has 3 amide bonds. The Morgan fingerprint density at radius 2 is 2.03 bits per heavy atom. The number of anilines is 1. The Morgan fingerprint density at radius 1 is 1.22 bits per heavy atom. The molecule has 0 bridgehead atoms. The highest BCUT2D eigenvalue weighted by Gasteiger charge is 2.41. The average Bonchev–Trinajstić information content (AvgIpc) is 3.62. The van der Waals surface area contributed by atoms with Gasteiger partial charge >= 0.3 is 6.03 Å². The molecule has 2 aromatic rings. The number of carbonyl (C=O) groups excluding carboxylic acids is 2. The lowest BCUT2D eigenvalue weighted by Gasteiger charge is -2.42. The highest BCUT2D eigenvalue weighted by molar-refractivity contribution is 6.08. The van der Waals surface area contributed by atoms with Crippen LogP contribution in [0.5, 0.6) is 0 Å². The number of piperidine rings is 1. The van der Waals surface area contributed by atoms with Gasteiger partial charge in [-0.2, -0.15) is 5.10 Å². The van der Waals surface area contributed by atoms with Crippen LogP contribution in [0.25, 0.3) is 5.69 Å². The molecule has 0 radical (unpaired) electrons. The predicted octanol–water partition coefficient (Wildman–Crippen LogP) is 1.92. The summed E-state index contributed by atoms with van der Waals surface area (Å²) in [6.45, 7) is 9.93. The summed E-state index contributed by atoms with van der Waals surface area (Å²) in [4.78, 5) is 30.9. The van der Waals surface area contributed by atoms with Crippen LogP contribution >= 0.6 is 0 Å². The third-order valence-corrected chi connectivity index (χ3v) is 7.15. The molecule has 4 atom stereocenters. The molecule has 4 unspecified atom stereocenters. The van der Waals surface area contributed by atoms with Crippen LogP contribution < -0.4 is 16.0 Å². The smallest absolute Gasteiger partial charge is 0.320 e. The highest BCUT2D eigenvalue weighted by Crippen LogP contribution is 2.29. The van der Waals surface area contributed by atoms with E-state index in [1.165, 1.54) is 6.26 Å². The Morgan fingerprint density at radius 3 is 2.73 bits per heavy atom. The summed E-state index contributed by atoms with van der Waals surface area (Å²) in [5.74, 6) is 0.417. The van der Waals surface area contributed by atoms with Gasteiger partial charge in [0.05, 0.1) is 17.8 Å². The van der Waals surface area contributed by atoms with Gasteiger partial charge < -0.3 is 9.84 Å². The van der Waals surface area contributed by atoms with Crippen LogP contribution in [-0.2, 0) is 10.2 Å². The summed E-state index contributed by atoms with van der Waals surface area (Å²) >= 11 is 0. The van der Waals surface area contributed by atoms with Crippen LogP contribution in [0.15, 0.2) is 40.2 Å². The number of likely N-dealkylation sites (N-methyl/N-ethyl adjacent to an activating group) is 1. The minimum absolute atomic E-state index is 0.0533. The van der Waals surface area contributed by atoms with Crippen LogP contribution in [0.4, 0.5) is 10.6 Å². The second-order valence-corrected chi connectivity index (χ2v) is 10.9. The molecular formula is C25H35N9O3. The highest BCUT2D eigenvalue weighted by atomic mass is 16.5. The quantitative estimate of drug-likeness (QED) is 0.525. The van der Waals surface area contributed by atoms with E-state index in [9.17, 15) is 9.59 Å². The van der Waals surface area contributed by atoms with Gasteiger partial charge in [-0.1, -0.05) is 32.0 Å². The van der Waals surface area contributed by atoms with Crippen LogP contribution in [0, 0.1) is 11.8 Å². The Bertz CT molecular complexity index is 1210. The summed E-state index contributed by atoms with van der Waals surface area (Å²) in [6.07, 6.45) is 7.88. The molecule has 3 N–H and O–H groups in total. The van der Waals surface area contributed by atoms with Gasteiger partial charge in [0, 0.05) is 48.8 Å². The number of aromatic nitrogens is 3. The number of nitrogens with zero attached hydrogens (tertiary/aromatic N) is 6. The van der Waals surface area contributed by atoms with Crippen molar-refractivity contribution in [3.05, 3.63) is 36.4 Å². The van der Waals surface area contributed by atoms with Gasteiger partial charge in [-0.25, -0.2) is 14.5 Å². The van der Waals surface area contributed by atoms with Gasteiger partial charge in [0.1, 0.15) is 23.9 Å². The number of rotatable bonds is 5. The monoisotopic (exact) mass is 509 g/mol. The molecule has 37 heavy (non-hydrogen) atoms. The van der Waals surface area contributed by atoms with E-state index in [1.807, 2.05) is 31.1 Å². The summed E-state index contributed by atoms with van der Waals surface area (Å²) < 4.78 is 6.58. The molecule has 5 rings (SSSR count). The van der Waals surface area contributed by atoms with Gasteiger partial charge in [0.2, 0.25) is 5.91 Å². The number of aliphatic imine (C=N–C) groups is 1. The Hall–Kier alpha value is -3.51. The van der Waals surface area contributed by atoms with Crippen molar-refractivity contribution in [2.24, 2.45) is 16.8 Å². The van der Waals surface area contributed by atoms with Gasteiger partial charge in [0.25, 0.3) is 0 Å². The second kappa shape index (κ2) is 9.75. The lowest BCUT2D eigenvalue weighted by molar-refractivity contribution is -0.151. The Labute approximate surface area is 216 Å². The molecule has 5 heterocycles. The lowest BCUT2D eigenvalue weighted by atomic mass is 9.86. The van der Waals surface area contributed by atoms with Crippen molar-refractivity contribution in [2.45, 2.75) is 51.7 Å². The fourth-order valence-electron chi connectivity index (χ4n) is 5.02. The number of hydrogen-bond donors (Lipinski definition) is 3. The molecule has 3 aliphatic rings. The van der Waals surface area contributed by atoms with Gasteiger partial charge in [-0.3, -0.25) is 25.4 Å². The maximum Gasteiger partial charge on any atom is 0.320 e. The second-order valence-electron chi connectivity index (χ2n) is 10.9. The number of carbonyl (C=O) groups is 2. The van der Waals surface area contributed by atoms with Crippen molar-refractivity contribution >= 4 is 23.5 Å². The Balaban J connectivity index is 1.22. The van der Waals surface area contributed by atoms with E-state index in [4.69, 9.17) is 9.52 Å². The molecular weight excluding hydrogens is 474 g/mol. The molecule has 0 aromatic carbocycles. The first-order valence-electron chi connectivity index (χ1n) is 12.7. The van der Waals surface area contributed by atoms with E-state index >= 15 is 0 Å². The summed E-state index contributed by atoms with van der Waals surface area (Å²) in [5.41, 5.74) is 2.19. The standard InChI is InChI=1S/C25H35N9O3/c1-15-22-16(6-7-20(26-5)29-22)12-33(23(15)35)32-9-8-17(13-32)28-24(36)30-21-10-19(25(2,3)4)31-34(21)18-11-27-37-14-18/h6-7,10-11,14-17,20,26H,8-9,12-13H2,1-5H3,(H2,28,30,36). The van der Waals surface area contributed by atoms with Gasteiger partial charge in [-0.15, -0.1) is 0 Å². The first kappa shape index (κ1) is 25.2. The molecule has 2 saturated heterocycles. The number of hydrazine groups is 1. The minimum Gasteiger partial charge on any atom is -0.362 e. The first-order valence-corrected chi connectivity index (χ1v) is 12.7. The fourth-order valence-corrected chi connectivity index (χ4v) is 5.02. The molecule has 12 nitrogen and oxygen atoms in total. The van der Waals surface area contributed by atoms with E-state index in [-0.39, 0.29) is 41.4 Å². The van der Waals surface area contributed by atoms with E-state index in [1.54, 1.807) is 10.9 Å². The SMILES string of the molecule is CNC1C=CC2CN(N3CCC(NC(=O)Nc4cc(C(C)(C)C)nn4-c4cnoc4)C3)C(=O)C(C)C2=N1. The normalized spacial score (nSPS) is 26.2. The van der Waals surface area contributed by atoms with E-state index in [0.29, 0.717) is 31.1 Å². The minimum atomic E-state index is -0.328. The zero-order valence-electron chi connectivity index (χ0n) is 21.9. The van der Waals surface area contributed by atoms with Crippen molar-refractivity contribution in [2.75, 3.05) is 32.0 Å². The number of dihydropyridines is 1. The maximum absolute atomic E-state index is 13.2. The van der Waals surface area contributed by atoms with Crippen molar-refractivity contribution in [3.8, 4) is 5.69 Å². The van der Waals surface area contributed by atoms with Crippen molar-refractivity contribution < 1.29 is 14.1 Å². The van der Waals surface area contributed by atoms with Crippen LogP contribution in [0.3, 0.4) is 0 Å². The number of hydrogen-bond acceptors (Lipinski definition) is 8. The molecule has 3 aliphatic heterocycles. The molecule has 0 aliphatic carbocycles. The summed E-state index contributed by atoms with van der Waals surface area (Å²) in [7, 11) is 1.86. The molecule has 198 valence electrons. The number of fused-ring (bicyclic) bond motifs is 1. The molecule has 12 heteroatoms. The lowest BCUT2D eigenvalue weighted by Crippen LogP contribution is -2.57. The zero-order chi connectivity index (χ0) is 26.3. The average molecular weight is 510 g/mol. The van der Waals surface area contributed by atoms with Crippen LogP contribution in [0.2, 0.25) is 0 Å². The predicted molar refractivity (Wildman–Crippen MR) is 138 cm³/mol. The maximum atomic E-state index is 13.2. The zero-order valence-corrected chi connectivity index (χ0v) is 21.9. The van der Waals surface area contributed by atoms with Crippen molar-refractivity contribution in [3.63, 3.8) is 0 Å². The molecule has 0 saturated carbocycles.